The zero-order valence-corrected chi connectivity index (χ0v) is 16.2. The Morgan fingerprint density at radius 1 is 1.04 bits per heavy atom. The molecule has 1 heterocycles. The second-order valence-electron chi connectivity index (χ2n) is 5.57. The van der Waals surface area contributed by atoms with E-state index in [0.717, 1.165) is 0 Å². The maximum Gasteiger partial charge on any atom is 0.189 e. The van der Waals surface area contributed by atoms with E-state index >= 15 is 0 Å². The lowest BCUT2D eigenvalue weighted by Gasteiger charge is -2.07. The summed E-state index contributed by atoms with van der Waals surface area (Å²) in [6, 6.07) is 13.9. The molecular formula is C21H16Cl2O4. The molecule has 4 nitrogen and oxygen atoms in total. The van der Waals surface area contributed by atoms with Gasteiger partial charge in [0.1, 0.15) is 23.0 Å². The van der Waals surface area contributed by atoms with Gasteiger partial charge in [0.05, 0.1) is 29.8 Å². The summed E-state index contributed by atoms with van der Waals surface area (Å²) in [5, 5.41) is 0.868. The third kappa shape index (κ3) is 4.18. The summed E-state index contributed by atoms with van der Waals surface area (Å²) in [4.78, 5) is 12.5. The highest BCUT2D eigenvalue weighted by molar-refractivity contribution is 6.43. The number of carbonyl (C=O) groups excluding carboxylic acids is 1. The number of benzene rings is 2. The topological polar surface area (TPSA) is 48.7 Å². The molecule has 2 aromatic carbocycles. The SMILES string of the molecule is COc1ccc(C(=O)C=Cc2ccc(-c3cccc(Cl)c3Cl)o2)c(OC)c1. The molecule has 138 valence electrons. The molecule has 0 aliphatic carbocycles. The standard InChI is InChI=1S/C21H16Cl2O4/c1-25-14-6-9-15(20(12-14)26-2)18(24)10-7-13-8-11-19(27-13)16-4-3-5-17(22)21(16)23/h3-12H,1-2H3. The predicted molar refractivity (Wildman–Crippen MR) is 107 cm³/mol. The molecule has 0 aliphatic rings. The molecular weight excluding hydrogens is 387 g/mol. The fourth-order valence-electron chi connectivity index (χ4n) is 2.53. The van der Waals surface area contributed by atoms with E-state index in [1.54, 1.807) is 55.7 Å². The van der Waals surface area contributed by atoms with E-state index in [1.165, 1.54) is 13.2 Å². The molecule has 3 aromatic rings. The second kappa shape index (κ2) is 8.33. The monoisotopic (exact) mass is 402 g/mol. The molecule has 0 fully saturated rings. The number of hydrogen-bond acceptors (Lipinski definition) is 4. The van der Waals surface area contributed by atoms with Gasteiger partial charge in [-0.2, -0.15) is 0 Å². The van der Waals surface area contributed by atoms with E-state index in [9.17, 15) is 4.79 Å². The number of hydrogen-bond donors (Lipinski definition) is 0. The van der Waals surface area contributed by atoms with Crippen molar-refractivity contribution in [3.8, 4) is 22.8 Å². The van der Waals surface area contributed by atoms with Gasteiger partial charge in [0.25, 0.3) is 0 Å². The second-order valence-corrected chi connectivity index (χ2v) is 6.35. The van der Waals surface area contributed by atoms with Crippen LogP contribution in [0.4, 0.5) is 0 Å². The Hall–Kier alpha value is -2.69. The average molecular weight is 403 g/mol. The molecule has 0 bridgehead atoms. The van der Waals surface area contributed by atoms with Crippen LogP contribution in [0.3, 0.4) is 0 Å². The molecule has 0 saturated heterocycles. The summed E-state index contributed by atoms with van der Waals surface area (Å²) in [5.41, 5.74) is 1.12. The van der Waals surface area contributed by atoms with Crippen molar-refractivity contribution in [3.05, 3.63) is 76.0 Å². The van der Waals surface area contributed by atoms with Gasteiger partial charge in [0.2, 0.25) is 0 Å². The van der Waals surface area contributed by atoms with Gasteiger partial charge in [-0.3, -0.25) is 4.79 Å². The van der Waals surface area contributed by atoms with Crippen molar-refractivity contribution >= 4 is 35.1 Å². The van der Waals surface area contributed by atoms with Crippen LogP contribution in [0.5, 0.6) is 11.5 Å². The van der Waals surface area contributed by atoms with Gasteiger partial charge in [-0.25, -0.2) is 0 Å². The summed E-state index contributed by atoms with van der Waals surface area (Å²) in [6.07, 6.45) is 3.01. The molecule has 0 amide bonds. The van der Waals surface area contributed by atoms with Crippen molar-refractivity contribution in [1.82, 2.24) is 0 Å². The van der Waals surface area contributed by atoms with Crippen molar-refractivity contribution < 1.29 is 18.7 Å². The van der Waals surface area contributed by atoms with Crippen LogP contribution >= 0.6 is 23.2 Å². The number of ketones is 1. The van der Waals surface area contributed by atoms with E-state index in [0.29, 0.717) is 44.2 Å². The van der Waals surface area contributed by atoms with Gasteiger partial charge < -0.3 is 13.9 Å². The highest BCUT2D eigenvalue weighted by Crippen LogP contribution is 2.34. The molecule has 27 heavy (non-hydrogen) atoms. The molecule has 0 radical (unpaired) electrons. The normalized spacial score (nSPS) is 11.0. The van der Waals surface area contributed by atoms with Crippen LogP contribution in [0, 0.1) is 0 Å². The van der Waals surface area contributed by atoms with Crippen LogP contribution in [0.2, 0.25) is 10.0 Å². The maximum atomic E-state index is 12.5. The number of rotatable bonds is 6. The molecule has 6 heteroatoms. The quantitative estimate of drug-likeness (QED) is 0.365. The summed E-state index contributed by atoms with van der Waals surface area (Å²) in [5.74, 6) is 1.92. The first-order chi connectivity index (χ1) is 13.0. The molecule has 0 aliphatic heterocycles. The maximum absolute atomic E-state index is 12.5. The number of methoxy groups -OCH3 is 2. The van der Waals surface area contributed by atoms with E-state index in [2.05, 4.69) is 0 Å². The zero-order chi connectivity index (χ0) is 19.4. The Balaban J connectivity index is 1.82. The van der Waals surface area contributed by atoms with Crippen LogP contribution in [0.15, 0.2) is 59.0 Å². The predicted octanol–water partition coefficient (Wildman–Crippen LogP) is 6.17. The number of carbonyl (C=O) groups is 1. The van der Waals surface area contributed by atoms with Gasteiger partial charge in [-0.15, -0.1) is 0 Å². The minimum Gasteiger partial charge on any atom is -0.497 e. The van der Waals surface area contributed by atoms with Gasteiger partial charge in [0.15, 0.2) is 5.78 Å². The molecule has 0 spiro atoms. The molecule has 0 unspecified atom stereocenters. The first-order valence-electron chi connectivity index (χ1n) is 8.02. The summed E-state index contributed by atoms with van der Waals surface area (Å²) in [7, 11) is 3.06. The highest BCUT2D eigenvalue weighted by atomic mass is 35.5. The first-order valence-corrected chi connectivity index (χ1v) is 8.77. The van der Waals surface area contributed by atoms with Crippen molar-refractivity contribution in [1.29, 1.82) is 0 Å². The minimum atomic E-state index is -0.215. The smallest absolute Gasteiger partial charge is 0.189 e. The van der Waals surface area contributed by atoms with E-state index < -0.39 is 0 Å². The molecule has 1 aromatic heterocycles. The Morgan fingerprint density at radius 3 is 2.59 bits per heavy atom. The van der Waals surface area contributed by atoms with Crippen molar-refractivity contribution in [2.75, 3.05) is 14.2 Å². The summed E-state index contributed by atoms with van der Waals surface area (Å²) in [6.45, 7) is 0. The number of ether oxygens (including phenoxy) is 2. The highest BCUT2D eigenvalue weighted by Gasteiger charge is 2.12. The van der Waals surface area contributed by atoms with Crippen LogP contribution in [-0.4, -0.2) is 20.0 Å². The van der Waals surface area contributed by atoms with Gasteiger partial charge in [-0.1, -0.05) is 29.3 Å². The first kappa shape index (κ1) is 19.1. The van der Waals surface area contributed by atoms with Gasteiger partial charge in [0, 0.05) is 11.6 Å². The third-order valence-corrected chi connectivity index (χ3v) is 4.74. The fraction of sp³-hybridized carbons (Fsp3) is 0.0952. The van der Waals surface area contributed by atoms with Crippen LogP contribution in [0.25, 0.3) is 17.4 Å². The lowest BCUT2D eigenvalue weighted by Crippen LogP contribution is -1.99. The Kier molecular flexibility index (Phi) is 5.89. The van der Waals surface area contributed by atoms with Gasteiger partial charge in [-0.05, 0) is 48.6 Å². The Labute approximate surface area is 166 Å². The van der Waals surface area contributed by atoms with E-state index in [4.69, 9.17) is 37.1 Å². The summed E-state index contributed by atoms with van der Waals surface area (Å²) < 4.78 is 16.2. The van der Waals surface area contributed by atoms with Crippen molar-refractivity contribution in [3.63, 3.8) is 0 Å². The molecule has 0 N–H and O–H groups in total. The largest absolute Gasteiger partial charge is 0.497 e. The lowest BCUT2D eigenvalue weighted by molar-refractivity contribution is 0.104. The van der Waals surface area contributed by atoms with Crippen molar-refractivity contribution in [2.24, 2.45) is 0 Å². The number of furan rings is 1. The molecule has 0 atom stereocenters. The Bertz CT molecular complexity index is 1010. The van der Waals surface area contributed by atoms with Gasteiger partial charge >= 0.3 is 0 Å². The fourth-order valence-corrected chi connectivity index (χ4v) is 2.92. The Morgan fingerprint density at radius 2 is 1.85 bits per heavy atom. The van der Waals surface area contributed by atoms with Crippen LogP contribution in [-0.2, 0) is 0 Å². The summed E-state index contributed by atoms with van der Waals surface area (Å²) >= 11 is 12.3. The number of allylic oxidation sites excluding steroid dienone is 1. The van der Waals surface area contributed by atoms with E-state index in [1.807, 2.05) is 6.07 Å². The number of halogens is 2. The minimum absolute atomic E-state index is 0.215. The van der Waals surface area contributed by atoms with E-state index in [-0.39, 0.29) is 5.78 Å². The van der Waals surface area contributed by atoms with Crippen molar-refractivity contribution in [2.45, 2.75) is 0 Å². The average Bonchev–Trinajstić information content (AvgIpc) is 3.16. The zero-order valence-electron chi connectivity index (χ0n) is 14.7. The van der Waals surface area contributed by atoms with Crippen LogP contribution in [0.1, 0.15) is 16.1 Å². The lowest BCUT2D eigenvalue weighted by atomic mass is 10.1. The van der Waals surface area contributed by atoms with Crippen LogP contribution < -0.4 is 9.47 Å². The molecule has 0 saturated carbocycles. The molecule has 3 rings (SSSR count). The third-order valence-electron chi connectivity index (χ3n) is 3.92.